The SMILES string of the molecule is CCNC(=NCc1cccc(COCC(F)(F)F)c1)NC1CCOc2ccccc21.I. The molecule has 1 aliphatic heterocycles. The maximum Gasteiger partial charge on any atom is 0.411 e. The summed E-state index contributed by atoms with van der Waals surface area (Å²) in [6.45, 7) is 2.39. The second-order valence-electron chi connectivity index (χ2n) is 6.99. The van der Waals surface area contributed by atoms with Crippen LogP contribution in [-0.4, -0.2) is 31.9 Å². The largest absolute Gasteiger partial charge is 0.493 e. The molecule has 1 unspecified atom stereocenters. The van der Waals surface area contributed by atoms with Crippen molar-refractivity contribution in [2.75, 3.05) is 19.8 Å². The van der Waals surface area contributed by atoms with Crippen molar-refractivity contribution < 1.29 is 22.6 Å². The minimum Gasteiger partial charge on any atom is -0.493 e. The van der Waals surface area contributed by atoms with Gasteiger partial charge < -0.3 is 20.1 Å². The van der Waals surface area contributed by atoms with Crippen LogP contribution in [0.4, 0.5) is 13.2 Å². The van der Waals surface area contributed by atoms with Crippen molar-refractivity contribution in [3.8, 4) is 5.75 Å². The zero-order valence-electron chi connectivity index (χ0n) is 17.2. The van der Waals surface area contributed by atoms with E-state index < -0.39 is 12.8 Å². The van der Waals surface area contributed by atoms with Crippen LogP contribution in [0, 0.1) is 0 Å². The van der Waals surface area contributed by atoms with Crippen LogP contribution >= 0.6 is 24.0 Å². The molecule has 0 spiro atoms. The molecule has 0 saturated heterocycles. The van der Waals surface area contributed by atoms with Crippen LogP contribution in [0.1, 0.15) is 36.1 Å². The van der Waals surface area contributed by atoms with Gasteiger partial charge in [0.05, 0.1) is 25.8 Å². The monoisotopic (exact) mass is 549 g/mol. The first-order valence-electron chi connectivity index (χ1n) is 9.93. The van der Waals surface area contributed by atoms with Crippen LogP contribution in [0.3, 0.4) is 0 Å². The van der Waals surface area contributed by atoms with E-state index >= 15 is 0 Å². The van der Waals surface area contributed by atoms with Crippen LogP contribution in [0.5, 0.6) is 5.75 Å². The van der Waals surface area contributed by atoms with Crippen LogP contribution in [0.25, 0.3) is 0 Å². The Kier molecular flexibility index (Phi) is 9.89. The second kappa shape index (κ2) is 12.1. The molecular weight excluding hydrogens is 522 g/mol. The van der Waals surface area contributed by atoms with Crippen molar-refractivity contribution in [2.24, 2.45) is 4.99 Å². The number of guanidine groups is 1. The van der Waals surface area contributed by atoms with Crippen molar-refractivity contribution >= 4 is 29.9 Å². The van der Waals surface area contributed by atoms with E-state index in [0.29, 0.717) is 31.2 Å². The maximum atomic E-state index is 12.2. The van der Waals surface area contributed by atoms with E-state index in [9.17, 15) is 13.2 Å². The summed E-state index contributed by atoms with van der Waals surface area (Å²) in [5.41, 5.74) is 2.68. The predicted octanol–water partition coefficient (Wildman–Crippen LogP) is 4.96. The van der Waals surface area contributed by atoms with E-state index in [1.165, 1.54) is 0 Å². The molecule has 2 aromatic carbocycles. The fourth-order valence-electron chi connectivity index (χ4n) is 3.25. The maximum absolute atomic E-state index is 12.2. The molecule has 0 aromatic heterocycles. The van der Waals surface area contributed by atoms with Gasteiger partial charge in [-0.3, -0.25) is 0 Å². The Labute approximate surface area is 197 Å². The molecule has 0 amide bonds. The number of rotatable bonds is 7. The lowest BCUT2D eigenvalue weighted by Gasteiger charge is -2.28. The molecule has 31 heavy (non-hydrogen) atoms. The van der Waals surface area contributed by atoms with Gasteiger partial charge >= 0.3 is 6.18 Å². The van der Waals surface area contributed by atoms with E-state index in [1.54, 1.807) is 12.1 Å². The molecule has 1 atom stereocenters. The molecule has 1 aliphatic rings. The van der Waals surface area contributed by atoms with Crippen LogP contribution in [-0.2, 0) is 17.9 Å². The normalized spacial score (nSPS) is 16.0. The fourth-order valence-corrected chi connectivity index (χ4v) is 3.25. The summed E-state index contributed by atoms with van der Waals surface area (Å²) in [5, 5.41) is 6.70. The summed E-state index contributed by atoms with van der Waals surface area (Å²) in [7, 11) is 0. The summed E-state index contributed by atoms with van der Waals surface area (Å²) >= 11 is 0. The van der Waals surface area contributed by atoms with E-state index in [0.717, 1.165) is 23.3 Å². The highest BCUT2D eigenvalue weighted by molar-refractivity contribution is 14.0. The Morgan fingerprint density at radius 3 is 2.71 bits per heavy atom. The molecule has 2 N–H and O–H groups in total. The highest BCUT2D eigenvalue weighted by atomic mass is 127. The molecule has 5 nitrogen and oxygen atoms in total. The number of fused-ring (bicyclic) bond motifs is 1. The number of halogens is 4. The molecule has 0 bridgehead atoms. The number of hydrogen-bond donors (Lipinski definition) is 2. The standard InChI is InChI=1S/C22H26F3N3O2.HI/c1-2-26-21(28-19-10-11-30-20-9-4-3-8-18(19)20)27-13-16-6-5-7-17(12-16)14-29-15-22(23,24)25;/h3-9,12,19H,2,10-11,13-15H2,1H3,(H2,26,27,28);1H. The molecule has 9 heteroatoms. The van der Waals surface area contributed by atoms with Gasteiger partial charge in [0.1, 0.15) is 12.4 Å². The minimum absolute atomic E-state index is 0. The fraction of sp³-hybridized carbons (Fsp3) is 0.409. The molecule has 2 aromatic rings. The number of hydrogen-bond acceptors (Lipinski definition) is 3. The van der Waals surface area contributed by atoms with Gasteiger partial charge in [-0.05, 0) is 24.1 Å². The number of nitrogens with one attached hydrogen (secondary N) is 2. The molecular formula is C22H27F3IN3O2. The molecule has 3 rings (SSSR count). The van der Waals surface area contributed by atoms with E-state index in [4.69, 9.17) is 9.47 Å². The van der Waals surface area contributed by atoms with Gasteiger partial charge in [-0.25, -0.2) is 4.99 Å². The van der Waals surface area contributed by atoms with Crippen LogP contribution < -0.4 is 15.4 Å². The summed E-state index contributed by atoms with van der Waals surface area (Å²) in [5.74, 6) is 1.56. The minimum atomic E-state index is -4.32. The molecule has 0 fully saturated rings. The Bertz CT molecular complexity index is 862. The average Bonchev–Trinajstić information content (AvgIpc) is 2.72. The Morgan fingerprint density at radius 1 is 1.16 bits per heavy atom. The van der Waals surface area contributed by atoms with Gasteiger partial charge in [-0.15, -0.1) is 24.0 Å². The lowest BCUT2D eigenvalue weighted by Crippen LogP contribution is -2.41. The number of benzene rings is 2. The van der Waals surface area contributed by atoms with Gasteiger partial charge in [0.2, 0.25) is 0 Å². The quantitative estimate of drug-likeness (QED) is 0.291. The van der Waals surface area contributed by atoms with Gasteiger partial charge in [-0.1, -0.05) is 42.5 Å². The van der Waals surface area contributed by atoms with E-state index in [1.807, 2.05) is 43.3 Å². The first-order chi connectivity index (χ1) is 14.4. The Hall–Kier alpha value is -2.01. The van der Waals surface area contributed by atoms with Crippen LogP contribution in [0.15, 0.2) is 53.5 Å². The van der Waals surface area contributed by atoms with Gasteiger partial charge in [0.15, 0.2) is 5.96 Å². The van der Waals surface area contributed by atoms with Gasteiger partial charge in [-0.2, -0.15) is 13.2 Å². The molecule has 1 heterocycles. The Balaban J connectivity index is 0.00000341. The third-order valence-electron chi connectivity index (χ3n) is 4.56. The zero-order valence-corrected chi connectivity index (χ0v) is 19.6. The first-order valence-corrected chi connectivity index (χ1v) is 9.93. The Morgan fingerprint density at radius 2 is 1.94 bits per heavy atom. The number of nitrogens with zero attached hydrogens (tertiary/aromatic N) is 1. The molecule has 0 aliphatic carbocycles. The summed E-state index contributed by atoms with van der Waals surface area (Å²) in [6.07, 6.45) is -3.50. The highest BCUT2D eigenvalue weighted by Gasteiger charge is 2.27. The summed E-state index contributed by atoms with van der Waals surface area (Å²) in [4.78, 5) is 4.64. The van der Waals surface area contributed by atoms with Crippen molar-refractivity contribution in [1.82, 2.24) is 10.6 Å². The lowest BCUT2D eigenvalue weighted by atomic mass is 10.0. The lowest BCUT2D eigenvalue weighted by molar-refractivity contribution is -0.176. The van der Waals surface area contributed by atoms with Crippen LogP contribution in [0.2, 0.25) is 0 Å². The third kappa shape index (κ3) is 8.21. The van der Waals surface area contributed by atoms with Crippen molar-refractivity contribution in [2.45, 2.75) is 38.7 Å². The highest BCUT2D eigenvalue weighted by Crippen LogP contribution is 2.31. The van der Waals surface area contributed by atoms with Crippen molar-refractivity contribution in [3.63, 3.8) is 0 Å². The summed E-state index contributed by atoms with van der Waals surface area (Å²) in [6, 6.07) is 15.3. The number of para-hydroxylation sites is 1. The topological polar surface area (TPSA) is 54.9 Å². The molecule has 0 radical (unpaired) electrons. The average molecular weight is 549 g/mol. The van der Waals surface area contributed by atoms with E-state index in [2.05, 4.69) is 15.6 Å². The second-order valence-corrected chi connectivity index (χ2v) is 6.99. The van der Waals surface area contributed by atoms with Crippen molar-refractivity contribution in [3.05, 3.63) is 65.2 Å². The molecule has 170 valence electrons. The number of aliphatic imine (C=N–C) groups is 1. The zero-order chi connectivity index (χ0) is 21.4. The number of ether oxygens (including phenoxy) is 2. The van der Waals surface area contributed by atoms with Gasteiger partial charge in [0, 0.05) is 18.5 Å². The third-order valence-corrected chi connectivity index (χ3v) is 4.56. The summed E-state index contributed by atoms with van der Waals surface area (Å²) < 4.78 is 47.2. The first kappa shape index (κ1) is 25.3. The predicted molar refractivity (Wildman–Crippen MR) is 125 cm³/mol. The molecule has 0 saturated carbocycles. The smallest absolute Gasteiger partial charge is 0.411 e. The number of alkyl halides is 3. The van der Waals surface area contributed by atoms with Gasteiger partial charge in [0.25, 0.3) is 0 Å². The van der Waals surface area contributed by atoms with Crippen molar-refractivity contribution in [1.29, 1.82) is 0 Å². The van der Waals surface area contributed by atoms with E-state index in [-0.39, 0.29) is 36.6 Å².